The number of fused-ring (bicyclic) bond motifs is 1. The lowest BCUT2D eigenvalue weighted by atomic mass is 9.78. The van der Waals surface area contributed by atoms with Crippen LogP contribution in [-0.2, 0) is 0 Å². The Labute approximate surface area is 170 Å². The molecule has 0 aliphatic heterocycles. The molecule has 0 spiro atoms. The van der Waals surface area contributed by atoms with Crippen molar-refractivity contribution in [2.24, 2.45) is 11.7 Å². The zero-order valence-electron chi connectivity index (χ0n) is 16.3. The first kappa shape index (κ1) is 22.0. The minimum Gasteiger partial charge on any atom is -0.364 e. The molecule has 0 aromatic carbocycles. The van der Waals surface area contributed by atoms with Crippen LogP contribution in [0.2, 0.25) is 0 Å². The molecule has 2 aliphatic rings. The summed E-state index contributed by atoms with van der Waals surface area (Å²) >= 11 is 0. The standard InChI is InChI=1S/C12H16F4.C9H7N3O2/c13-11(14)5-1-9(2-6-11)10-3-7-12(15,16)8-4-10;10-9(14)8-7-5(1-3-12-8)11-4-2-6(7)13/h1,10H,2-8H2;1-4H,(H2,10,14)(H,11,13). The molecule has 0 atom stereocenters. The van der Waals surface area contributed by atoms with Gasteiger partial charge in [0, 0.05) is 44.1 Å². The maximum Gasteiger partial charge on any atom is 0.268 e. The lowest BCUT2D eigenvalue weighted by Gasteiger charge is -2.32. The van der Waals surface area contributed by atoms with Crippen molar-refractivity contribution in [2.75, 3.05) is 0 Å². The Balaban J connectivity index is 0.000000172. The summed E-state index contributed by atoms with van der Waals surface area (Å²) in [7, 11) is 0. The lowest BCUT2D eigenvalue weighted by molar-refractivity contribution is -0.0447. The summed E-state index contributed by atoms with van der Waals surface area (Å²) in [6.07, 6.45) is 5.28. The van der Waals surface area contributed by atoms with Gasteiger partial charge in [-0.2, -0.15) is 0 Å². The normalized spacial score (nSPS) is 20.7. The Morgan fingerprint density at radius 3 is 2.40 bits per heavy atom. The zero-order chi connectivity index (χ0) is 21.9. The molecule has 1 fully saturated rings. The van der Waals surface area contributed by atoms with Crippen molar-refractivity contribution < 1.29 is 22.4 Å². The fraction of sp³-hybridized carbons (Fsp3) is 0.476. The third-order valence-corrected chi connectivity index (χ3v) is 5.59. The number of alkyl halides is 4. The first-order valence-electron chi connectivity index (χ1n) is 9.79. The summed E-state index contributed by atoms with van der Waals surface area (Å²) in [4.78, 5) is 29.0. The Bertz CT molecular complexity index is 1000. The molecule has 4 rings (SSSR count). The van der Waals surface area contributed by atoms with E-state index in [0.717, 1.165) is 5.57 Å². The molecule has 162 valence electrons. The van der Waals surface area contributed by atoms with Gasteiger partial charge in [0.15, 0.2) is 5.43 Å². The SMILES string of the molecule is FC1(F)CC=C(C2CCC(F)(F)CC2)CC1.NC(=O)c1nccc2[nH]ccc(=O)c12. The van der Waals surface area contributed by atoms with E-state index in [1.807, 2.05) is 0 Å². The van der Waals surface area contributed by atoms with Crippen LogP contribution < -0.4 is 11.2 Å². The molecule has 30 heavy (non-hydrogen) atoms. The Kier molecular flexibility index (Phi) is 6.28. The highest BCUT2D eigenvalue weighted by molar-refractivity contribution is 6.03. The number of hydrogen-bond donors (Lipinski definition) is 2. The van der Waals surface area contributed by atoms with Crippen LogP contribution in [0.1, 0.15) is 55.4 Å². The molecule has 2 aromatic heterocycles. The van der Waals surface area contributed by atoms with Gasteiger partial charge >= 0.3 is 0 Å². The van der Waals surface area contributed by atoms with E-state index in [2.05, 4.69) is 9.97 Å². The van der Waals surface area contributed by atoms with Gasteiger partial charge < -0.3 is 10.7 Å². The molecule has 2 heterocycles. The van der Waals surface area contributed by atoms with E-state index in [0.29, 0.717) is 24.8 Å². The number of carbonyl (C=O) groups excluding carboxylic acids is 1. The fourth-order valence-electron chi connectivity index (χ4n) is 3.90. The molecule has 0 radical (unpaired) electrons. The smallest absolute Gasteiger partial charge is 0.268 e. The van der Waals surface area contributed by atoms with Crippen LogP contribution >= 0.6 is 0 Å². The number of nitrogens with zero attached hydrogens (tertiary/aromatic N) is 1. The van der Waals surface area contributed by atoms with Crippen molar-refractivity contribution in [1.82, 2.24) is 9.97 Å². The molecule has 9 heteroatoms. The van der Waals surface area contributed by atoms with Crippen molar-refractivity contribution in [3.8, 4) is 0 Å². The van der Waals surface area contributed by atoms with E-state index in [4.69, 9.17) is 5.73 Å². The second-order valence-corrected chi connectivity index (χ2v) is 7.76. The van der Waals surface area contributed by atoms with Crippen LogP contribution in [-0.4, -0.2) is 27.7 Å². The number of amides is 1. The second kappa shape index (κ2) is 8.57. The number of allylic oxidation sites excluding steroid dienone is 2. The Morgan fingerprint density at radius 2 is 1.80 bits per heavy atom. The molecule has 1 saturated carbocycles. The van der Waals surface area contributed by atoms with Gasteiger partial charge in [-0.3, -0.25) is 14.6 Å². The Hall–Kier alpha value is -2.71. The summed E-state index contributed by atoms with van der Waals surface area (Å²) in [5, 5.41) is 0.238. The minimum absolute atomic E-state index is 0.00403. The zero-order valence-corrected chi connectivity index (χ0v) is 16.3. The predicted octanol–water partition coefficient (Wildman–Crippen LogP) is 4.58. The Morgan fingerprint density at radius 1 is 1.10 bits per heavy atom. The highest BCUT2D eigenvalue weighted by Crippen LogP contribution is 2.43. The maximum atomic E-state index is 12.9. The van der Waals surface area contributed by atoms with Crippen molar-refractivity contribution in [2.45, 2.75) is 56.8 Å². The highest BCUT2D eigenvalue weighted by Gasteiger charge is 2.38. The molecule has 2 aromatic rings. The van der Waals surface area contributed by atoms with Crippen molar-refractivity contribution in [3.63, 3.8) is 0 Å². The number of primary amides is 1. The molecule has 3 N–H and O–H groups in total. The molecule has 1 amide bonds. The van der Waals surface area contributed by atoms with Crippen LogP contribution in [0, 0.1) is 5.92 Å². The van der Waals surface area contributed by atoms with Crippen LogP contribution in [0.3, 0.4) is 0 Å². The van der Waals surface area contributed by atoms with Crippen LogP contribution in [0.4, 0.5) is 17.6 Å². The topological polar surface area (TPSA) is 88.8 Å². The number of pyridine rings is 2. The predicted molar refractivity (Wildman–Crippen MR) is 105 cm³/mol. The van der Waals surface area contributed by atoms with E-state index < -0.39 is 17.8 Å². The number of aromatic amines is 1. The van der Waals surface area contributed by atoms with E-state index in [1.165, 1.54) is 18.5 Å². The van der Waals surface area contributed by atoms with Crippen LogP contribution in [0.5, 0.6) is 0 Å². The molecular formula is C21H23F4N3O2. The first-order chi connectivity index (χ1) is 14.1. The van der Waals surface area contributed by atoms with E-state index >= 15 is 0 Å². The third-order valence-electron chi connectivity index (χ3n) is 5.59. The average Bonchev–Trinajstić information content (AvgIpc) is 2.69. The van der Waals surface area contributed by atoms with E-state index in [1.54, 1.807) is 12.1 Å². The van der Waals surface area contributed by atoms with Gasteiger partial charge in [-0.05, 0) is 31.2 Å². The van der Waals surface area contributed by atoms with Gasteiger partial charge in [0.05, 0.1) is 10.9 Å². The molecule has 0 saturated heterocycles. The average molecular weight is 425 g/mol. The summed E-state index contributed by atoms with van der Waals surface area (Å²) in [5.74, 6) is -5.69. The number of carbonyl (C=O) groups is 1. The number of nitrogens with one attached hydrogen (secondary N) is 1. The number of hydrogen-bond acceptors (Lipinski definition) is 3. The van der Waals surface area contributed by atoms with Crippen LogP contribution in [0.15, 0.2) is 41.0 Å². The second-order valence-electron chi connectivity index (χ2n) is 7.76. The van der Waals surface area contributed by atoms with Gasteiger partial charge in [-0.1, -0.05) is 11.6 Å². The highest BCUT2D eigenvalue weighted by atomic mass is 19.3. The van der Waals surface area contributed by atoms with Crippen molar-refractivity contribution in [1.29, 1.82) is 0 Å². The van der Waals surface area contributed by atoms with Crippen molar-refractivity contribution >= 4 is 16.8 Å². The van der Waals surface area contributed by atoms with Gasteiger partial charge in [0.2, 0.25) is 5.92 Å². The lowest BCUT2D eigenvalue weighted by Crippen LogP contribution is -2.27. The first-order valence-corrected chi connectivity index (χ1v) is 9.79. The maximum absolute atomic E-state index is 12.9. The quantitative estimate of drug-likeness (QED) is 0.545. The summed E-state index contributed by atoms with van der Waals surface area (Å²) in [6, 6.07) is 2.94. The monoisotopic (exact) mass is 425 g/mol. The summed E-state index contributed by atoms with van der Waals surface area (Å²) in [5.41, 5.74) is 6.38. The third kappa shape index (κ3) is 5.25. The number of nitrogens with two attached hydrogens (primary N) is 1. The van der Waals surface area contributed by atoms with E-state index in [9.17, 15) is 27.2 Å². The van der Waals surface area contributed by atoms with Gasteiger partial charge in [-0.15, -0.1) is 0 Å². The van der Waals surface area contributed by atoms with Gasteiger partial charge in [-0.25, -0.2) is 17.6 Å². The van der Waals surface area contributed by atoms with Crippen LogP contribution in [0.25, 0.3) is 10.9 Å². The van der Waals surface area contributed by atoms with Gasteiger partial charge in [0.1, 0.15) is 5.69 Å². The summed E-state index contributed by atoms with van der Waals surface area (Å²) < 4.78 is 51.7. The number of halogens is 4. The number of aromatic nitrogens is 2. The number of rotatable bonds is 2. The molecule has 5 nitrogen and oxygen atoms in total. The number of H-pyrrole nitrogens is 1. The molecule has 2 aliphatic carbocycles. The minimum atomic E-state index is -2.58. The fourth-order valence-corrected chi connectivity index (χ4v) is 3.90. The van der Waals surface area contributed by atoms with Gasteiger partial charge in [0.25, 0.3) is 11.8 Å². The molecule has 0 bridgehead atoms. The van der Waals surface area contributed by atoms with Crippen molar-refractivity contribution in [3.05, 3.63) is 52.1 Å². The molecule has 0 unspecified atom stereocenters. The summed E-state index contributed by atoms with van der Waals surface area (Å²) in [6.45, 7) is 0. The molecular weight excluding hydrogens is 402 g/mol. The van der Waals surface area contributed by atoms with E-state index in [-0.39, 0.29) is 48.1 Å². The largest absolute Gasteiger partial charge is 0.364 e.